The molecule has 2 atom stereocenters. The van der Waals surface area contributed by atoms with Gasteiger partial charge in [0, 0.05) is 38.6 Å². The highest BCUT2D eigenvalue weighted by Crippen LogP contribution is 2.27. The molecule has 0 aliphatic carbocycles. The topological polar surface area (TPSA) is 82.1 Å². The van der Waals surface area contributed by atoms with Gasteiger partial charge in [-0.3, -0.25) is 0 Å². The van der Waals surface area contributed by atoms with Gasteiger partial charge in [-0.05, 0) is 24.6 Å². The Morgan fingerprint density at radius 1 is 1.33 bits per heavy atom. The zero-order valence-electron chi connectivity index (χ0n) is 14.8. The number of hydrogen-bond acceptors (Lipinski definition) is 6. The summed E-state index contributed by atoms with van der Waals surface area (Å²) in [4.78, 5) is 15.3. The molecule has 1 fully saturated rings. The van der Waals surface area contributed by atoms with E-state index in [0.29, 0.717) is 35.0 Å². The van der Waals surface area contributed by atoms with Gasteiger partial charge in [0.05, 0.1) is 28.7 Å². The molecule has 27 heavy (non-hydrogen) atoms. The van der Waals surface area contributed by atoms with Crippen molar-refractivity contribution in [1.29, 1.82) is 0 Å². The van der Waals surface area contributed by atoms with Crippen LogP contribution in [0.25, 0.3) is 11.0 Å². The van der Waals surface area contributed by atoms with Gasteiger partial charge in [0.15, 0.2) is 0 Å². The van der Waals surface area contributed by atoms with E-state index in [1.165, 1.54) is 12.1 Å². The van der Waals surface area contributed by atoms with Gasteiger partial charge in [0.2, 0.25) is 5.95 Å². The maximum atomic E-state index is 13.9. The molecular formula is C18H20ClFN6O. The molecule has 0 bridgehead atoms. The van der Waals surface area contributed by atoms with Gasteiger partial charge in [-0.2, -0.15) is 0 Å². The van der Waals surface area contributed by atoms with Crippen molar-refractivity contribution in [3.05, 3.63) is 47.3 Å². The molecular weight excluding hydrogens is 371 g/mol. The van der Waals surface area contributed by atoms with Crippen LogP contribution in [0.4, 0.5) is 10.3 Å². The number of ether oxygens (including phenoxy) is 1. The normalized spacial score (nSPS) is 20.4. The first-order valence-corrected chi connectivity index (χ1v) is 9.08. The third kappa shape index (κ3) is 3.60. The second-order valence-corrected chi connectivity index (χ2v) is 7.06. The van der Waals surface area contributed by atoms with E-state index < -0.39 is 0 Å². The maximum Gasteiger partial charge on any atom is 0.207 e. The van der Waals surface area contributed by atoms with Crippen molar-refractivity contribution in [1.82, 2.24) is 19.5 Å². The summed E-state index contributed by atoms with van der Waals surface area (Å²) < 4.78 is 21.2. The molecule has 0 radical (unpaired) electrons. The van der Waals surface area contributed by atoms with Crippen LogP contribution in [0.15, 0.2) is 30.6 Å². The van der Waals surface area contributed by atoms with Crippen LogP contribution >= 0.6 is 11.6 Å². The van der Waals surface area contributed by atoms with E-state index in [-0.39, 0.29) is 18.0 Å². The minimum Gasteiger partial charge on any atom is -0.380 e. The average molecular weight is 391 g/mol. The van der Waals surface area contributed by atoms with Gasteiger partial charge < -0.3 is 19.9 Å². The summed E-state index contributed by atoms with van der Waals surface area (Å²) in [6.07, 6.45) is 3.91. The molecule has 142 valence electrons. The second kappa shape index (κ2) is 7.38. The summed E-state index contributed by atoms with van der Waals surface area (Å²) in [5, 5.41) is 0.466. The van der Waals surface area contributed by atoms with Gasteiger partial charge in [0.25, 0.3) is 0 Å². The molecule has 0 amide bonds. The predicted molar refractivity (Wildman–Crippen MR) is 101 cm³/mol. The maximum absolute atomic E-state index is 13.9. The van der Waals surface area contributed by atoms with Crippen molar-refractivity contribution < 1.29 is 9.13 Å². The molecule has 1 aliphatic rings. The number of nitrogens with zero attached hydrogens (tertiary/aromatic N) is 5. The molecule has 1 aliphatic heterocycles. The van der Waals surface area contributed by atoms with Crippen molar-refractivity contribution in [3.8, 4) is 0 Å². The molecule has 2 aromatic heterocycles. The Kier molecular flexibility index (Phi) is 4.94. The standard InChI is InChI=1S/C18H20ClFN6O/c1-27-16-4-5-25(9-13(16)21)18-24-14-3-2-12(20)6-15(14)26(18)10-17-22-7-11(19)8-23-17/h2-3,6-8,13,16H,4-5,9-10,21H2,1H3/t13-,16-/m1/s1. The van der Waals surface area contributed by atoms with E-state index >= 15 is 0 Å². The summed E-state index contributed by atoms with van der Waals surface area (Å²) in [7, 11) is 1.68. The SMILES string of the molecule is CO[C@@H]1CCN(c2nc3ccc(F)cc3n2Cc2ncc(Cl)cn2)C[C@H]1N. The number of aromatic nitrogens is 4. The van der Waals surface area contributed by atoms with Crippen LogP contribution in [0, 0.1) is 5.82 Å². The lowest BCUT2D eigenvalue weighted by Crippen LogP contribution is -2.52. The molecule has 2 N–H and O–H groups in total. The molecule has 1 saturated heterocycles. The lowest BCUT2D eigenvalue weighted by Gasteiger charge is -2.36. The van der Waals surface area contributed by atoms with E-state index in [9.17, 15) is 4.39 Å². The number of hydrogen-bond donors (Lipinski definition) is 1. The van der Waals surface area contributed by atoms with E-state index in [1.54, 1.807) is 25.6 Å². The molecule has 9 heteroatoms. The van der Waals surface area contributed by atoms with Crippen molar-refractivity contribution in [3.63, 3.8) is 0 Å². The number of imidazole rings is 1. The minimum absolute atomic E-state index is 0.0242. The van der Waals surface area contributed by atoms with E-state index in [2.05, 4.69) is 14.9 Å². The lowest BCUT2D eigenvalue weighted by atomic mass is 10.0. The van der Waals surface area contributed by atoms with Gasteiger partial charge in [-0.1, -0.05) is 11.6 Å². The number of fused-ring (bicyclic) bond motifs is 1. The Morgan fingerprint density at radius 2 is 2.11 bits per heavy atom. The van der Waals surface area contributed by atoms with Gasteiger partial charge in [-0.25, -0.2) is 19.3 Å². The lowest BCUT2D eigenvalue weighted by molar-refractivity contribution is 0.0661. The molecule has 7 nitrogen and oxygen atoms in total. The quantitative estimate of drug-likeness (QED) is 0.735. The fourth-order valence-electron chi connectivity index (χ4n) is 3.48. The van der Waals surface area contributed by atoms with Crippen LogP contribution in [0.1, 0.15) is 12.2 Å². The number of halogens is 2. The first-order chi connectivity index (χ1) is 13.0. The zero-order chi connectivity index (χ0) is 19.0. The van der Waals surface area contributed by atoms with Crippen LogP contribution in [0.2, 0.25) is 5.02 Å². The second-order valence-electron chi connectivity index (χ2n) is 6.62. The highest BCUT2D eigenvalue weighted by Gasteiger charge is 2.29. The third-order valence-corrected chi connectivity index (χ3v) is 5.04. The number of piperidine rings is 1. The fraction of sp³-hybridized carbons (Fsp3) is 0.389. The van der Waals surface area contributed by atoms with Crippen LogP contribution < -0.4 is 10.6 Å². The van der Waals surface area contributed by atoms with Crippen molar-refractivity contribution in [2.24, 2.45) is 5.73 Å². The molecule has 3 aromatic rings. The van der Waals surface area contributed by atoms with Crippen molar-refractivity contribution >= 4 is 28.6 Å². The summed E-state index contributed by atoms with van der Waals surface area (Å²) in [5.41, 5.74) is 7.65. The van der Waals surface area contributed by atoms with Gasteiger partial charge in [0.1, 0.15) is 11.6 Å². The third-order valence-electron chi connectivity index (χ3n) is 4.84. The van der Waals surface area contributed by atoms with Crippen LogP contribution in [-0.2, 0) is 11.3 Å². The van der Waals surface area contributed by atoms with Gasteiger partial charge in [-0.15, -0.1) is 0 Å². The largest absolute Gasteiger partial charge is 0.380 e. The Balaban J connectivity index is 1.74. The van der Waals surface area contributed by atoms with Crippen LogP contribution in [0.5, 0.6) is 0 Å². The highest BCUT2D eigenvalue weighted by atomic mass is 35.5. The molecule has 1 aromatic carbocycles. The van der Waals surface area contributed by atoms with Crippen LogP contribution in [0.3, 0.4) is 0 Å². The number of benzene rings is 1. The van der Waals surface area contributed by atoms with Crippen molar-refractivity contribution in [2.75, 3.05) is 25.1 Å². The summed E-state index contributed by atoms with van der Waals surface area (Å²) in [6, 6.07) is 4.43. The zero-order valence-corrected chi connectivity index (χ0v) is 15.6. The number of rotatable bonds is 4. The van der Waals surface area contributed by atoms with Gasteiger partial charge >= 0.3 is 0 Å². The minimum atomic E-state index is -0.318. The Hall–Kier alpha value is -2.29. The highest BCUT2D eigenvalue weighted by molar-refractivity contribution is 6.30. The Labute approximate surface area is 160 Å². The first kappa shape index (κ1) is 18.1. The molecule has 0 unspecified atom stereocenters. The molecule has 4 rings (SSSR count). The average Bonchev–Trinajstić information content (AvgIpc) is 3.01. The monoisotopic (exact) mass is 390 g/mol. The number of anilines is 1. The van der Waals surface area contributed by atoms with Crippen LogP contribution in [-0.4, -0.2) is 51.9 Å². The Bertz CT molecular complexity index is 947. The fourth-order valence-corrected chi connectivity index (χ4v) is 3.57. The molecule has 3 heterocycles. The van der Waals surface area contributed by atoms with E-state index in [0.717, 1.165) is 18.9 Å². The molecule has 0 spiro atoms. The van der Waals surface area contributed by atoms with E-state index in [1.807, 2.05) is 4.57 Å². The first-order valence-electron chi connectivity index (χ1n) is 8.70. The number of methoxy groups -OCH3 is 1. The van der Waals surface area contributed by atoms with Crippen molar-refractivity contribution in [2.45, 2.75) is 25.1 Å². The summed E-state index contributed by atoms with van der Waals surface area (Å²) in [6.45, 7) is 1.71. The predicted octanol–water partition coefficient (Wildman–Crippen LogP) is 2.22. The summed E-state index contributed by atoms with van der Waals surface area (Å²) >= 11 is 5.88. The smallest absolute Gasteiger partial charge is 0.207 e. The molecule has 0 saturated carbocycles. The summed E-state index contributed by atoms with van der Waals surface area (Å²) in [5.74, 6) is 0.974. The Morgan fingerprint density at radius 3 is 2.81 bits per heavy atom. The number of nitrogens with two attached hydrogens (primary N) is 1. The van der Waals surface area contributed by atoms with E-state index in [4.69, 9.17) is 27.1 Å².